The highest BCUT2D eigenvalue weighted by molar-refractivity contribution is 7.17. The number of hydrogen-bond donors (Lipinski definition) is 0. The van der Waals surface area contributed by atoms with E-state index in [4.69, 9.17) is 0 Å². The lowest BCUT2D eigenvalue weighted by Gasteiger charge is -2.29. The van der Waals surface area contributed by atoms with Crippen molar-refractivity contribution >= 4 is 45.9 Å². The smallest absolute Gasteiger partial charge is 0.261 e. The second kappa shape index (κ2) is 21.8. The van der Waals surface area contributed by atoms with E-state index in [1.165, 1.54) is 22.7 Å². The molecule has 8 heteroatoms. The number of fused-ring (bicyclic) bond motifs is 1. The van der Waals surface area contributed by atoms with Gasteiger partial charge < -0.3 is 9.80 Å². The second-order valence-corrected chi connectivity index (χ2v) is 19.1. The normalized spacial score (nSPS) is 15.3. The summed E-state index contributed by atoms with van der Waals surface area (Å²) < 4.78 is 31.6. The van der Waals surface area contributed by atoms with Gasteiger partial charge in [0.05, 0.1) is 32.3 Å². The lowest BCUT2D eigenvalue weighted by molar-refractivity contribution is -0.124. The van der Waals surface area contributed by atoms with Crippen LogP contribution in [0.3, 0.4) is 0 Å². The first-order valence-corrected chi connectivity index (χ1v) is 24.7. The van der Waals surface area contributed by atoms with Crippen LogP contribution in [0.15, 0.2) is 71.8 Å². The molecule has 4 nitrogen and oxygen atoms in total. The lowest BCUT2D eigenvalue weighted by atomic mass is 9.98. The number of carbonyl (C=O) groups is 2. The number of aryl methyl sites for hydroxylation is 2. The first-order valence-electron chi connectivity index (χ1n) is 23.1. The van der Waals surface area contributed by atoms with E-state index in [1.807, 2.05) is 58.3 Å². The first-order chi connectivity index (χ1) is 29.2. The van der Waals surface area contributed by atoms with Crippen LogP contribution in [0.2, 0.25) is 0 Å². The van der Waals surface area contributed by atoms with E-state index in [1.54, 1.807) is 12.1 Å². The molecule has 0 N–H and O–H groups in total. The number of amides is 2. The van der Waals surface area contributed by atoms with Crippen LogP contribution < -0.4 is 0 Å². The van der Waals surface area contributed by atoms with Crippen LogP contribution in [-0.2, 0) is 22.4 Å². The minimum atomic E-state index is -0.250. The molecule has 0 aliphatic carbocycles. The molecule has 2 aliphatic heterocycles. The monoisotopic (exact) mass is 852 g/mol. The van der Waals surface area contributed by atoms with E-state index in [2.05, 4.69) is 41.5 Å². The maximum atomic E-state index is 15.8. The summed E-state index contributed by atoms with van der Waals surface area (Å²) >= 11 is 2.90. The van der Waals surface area contributed by atoms with Crippen molar-refractivity contribution in [2.75, 3.05) is 13.1 Å². The highest BCUT2D eigenvalue weighted by atomic mass is 32.1. The van der Waals surface area contributed by atoms with Gasteiger partial charge in [-0.3, -0.25) is 9.59 Å². The first kappa shape index (κ1) is 45.6. The minimum Gasteiger partial charge on any atom is -0.306 e. The van der Waals surface area contributed by atoms with Crippen molar-refractivity contribution in [1.82, 2.24) is 9.80 Å². The van der Waals surface area contributed by atoms with Gasteiger partial charge >= 0.3 is 0 Å². The number of benzene rings is 2. The van der Waals surface area contributed by atoms with Crippen molar-refractivity contribution in [3.8, 4) is 20.9 Å². The zero-order valence-corrected chi connectivity index (χ0v) is 38.6. The fourth-order valence-electron chi connectivity index (χ4n) is 8.81. The summed E-state index contributed by atoms with van der Waals surface area (Å²) in [5.74, 6) is -0.291. The third-order valence-electron chi connectivity index (χ3n) is 12.6. The minimum absolute atomic E-state index is 0.155. The number of rotatable bonds is 24. The number of nitrogens with zero attached hydrogens (tertiary/aromatic N) is 2. The Morgan fingerprint density at radius 1 is 0.500 bits per heavy atom. The maximum absolute atomic E-state index is 15.8. The van der Waals surface area contributed by atoms with Gasteiger partial charge in [-0.15, -0.1) is 22.7 Å². The van der Waals surface area contributed by atoms with E-state index in [9.17, 15) is 0 Å². The molecule has 4 heterocycles. The van der Waals surface area contributed by atoms with Gasteiger partial charge in [-0.05, 0) is 97.9 Å². The van der Waals surface area contributed by atoms with Crippen LogP contribution >= 0.6 is 22.7 Å². The van der Waals surface area contributed by atoms with Crippen LogP contribution in [-0.4, -0.2) is 34.7 Å². The van der Waals surface area contributed by atoms with Gasteiger partial charge in [-0.2, -0.15) is 0 Å². The Morgan fingerprint density at radius 2 is 0.883 bits per heavy atom. The van der Waals surface area contributed by atoms with E-state index in [0.717, 1.165) is 133 Å². The third-order valence-corrected chi connectivity index (χ3v) is 14.8. The zero-order chi connectivity index (χ0) is 42.8. The number of hydrogen-bond acceptors (Lipinski definition) is 4. The van der Waals surface area contributed by atoms with Crippen molar-refractivity contribution in [1.29, 1.82) is 0 Å². The number of carbonyl (C=O) groups excluding carboxylic acids is 2. The highest BCUT2D eigenvalue weighted by Gasteiger charge is 2.50. The fourth-order valence-corrected chi connectivity index (χ4v) is 11.0. The van der Waals surface area contributed by atoms with Gasteiger partial charge in [0.2, 0.25) is 0 Å². The van der Waals surface area contributed by atoms with Crippen molar-refractivity contribution in [3.63, 3.8) is 0 Å². The lowest BCUT2D eigenvalue weighted by Crippen LogP contribution is -2.34. The van der Waals surface area contributed by atoms with Gasteiger partial charge in [-0.1, -0.05) is 130 Å². The molecule has 2 aliphatic rings. The molecule has 0 spiro atoms. The maximum Gasteiger partial charge on any atom is 0.261 e. The molecule has 2 aromatic heterocycles. The summed E-state index contributed by atoms with van der Waals surface area (Å²) in [6, 6.07) is 18.9. The fraction of sp³-hybridized carbons (Fsp3) is 0.500. The summed E-state index contributed by atoms with van der Waals surface area (Å²) in [4.78, 5) is 37.2. The Balaban J connectivity index is 1.47. The molecular weight excluding hydrogens is 787 g/mol. The van der Waals surface area contributed by atoms with Crippen LogP contribution in [0.25, 0.3) is 32.3 Å². The predicted molar refractivity (Wildman–Crippen MR) is 250 cm³/mol. The topological polar surface area (TPSA) is 40.6 Å². The molecule has 4 aromatic rings. The molecular formula is C52H66F2N2O2S2. The molecule has 60 heavy (non-hydrogen) atoms. The van der Waals surface area contributed by atoms with E-state index in [0.29, 0.717) is 46.8 Å². The molecule has 0 saturated heterocycles. The zero-order valence-electron chi connectivity index (χ0n) is 36.9. The van der Waals surface area contributed by atoms with E-state index in [-0.39, 0.29) is 35.3 Å². The Morgan fingerprint density at radius 3 is 1.23 bits per heavy atom. The van der Waals surface area contributed by atoms with Gasteiger partial charge in [0.25, 0.3) is 11.8 Å². The molecule has 2 unspecified atom stereocenters. The summed E-state index contributed by atoms with van der Waals surface area (Å²) in [7, 11) is 0. The van der Waals surface area contributed by atoms with Gasteiger partial charge in [-0.25, -0.2) is 8.78 Å². The average molecular weight is 853 g/mol. The van der Waals surface area contributed by atoms with Crippen molar-refractivity contribution in [3.05, 3.63) is 104 Å². The Bertz CT molecular complexity index is 2010. The number of thiophene rings is 2. The largest absolute Gasteiger partial charge is 0.306 e. The molecule has 2 atom stereocenters. The van der Waals surface area contributed by atoms with Gasteiger partial charge in [0, 0.05) is 34.0 Å². The molecule has 0 fully saturated rings. The van der Waals surface area contributed by atoms with Crippen molar-refractivity contribution in [2.24, 2.45) is 11.8 Å². The summed E-state index contributed by atoms with van der Waals surface area (Å²) in [6.45, 7) is 14.1. The highest BCUT2D eigenvalue weighted by Crippen LogP contribution is 2.51. The van der Waals surface area contributed by atoms with Gasteiger partial charge in [0.1, 0.15) is 11.6 Å². The molecule has 6 rings (SSSR count). The Hall–Kier alpha value is -3.88. The molecule has 2 aromatic carbocycles. The Kier molecular flexibility index (Phi) is 16.6. The predicted octanol–water partition coefficient (Wildman–Crippen LogP) is 15.1. The summed E-state index contributed by atoms with van der Waals surface area (Å²) in [6.07, 6.45) is 16.3. The summed E-state index contributed by atoms with van der Waals surface area (Å²) in [5, 5.41) is 0. The Labute approximate surface area is 366 Å². The molecule has 322 valence electrons. The van der Waals surface area contributed by atoms with Crippen LogP contribution in [0, 0.1) is 23.5 Å². The molecule has 0 bridgehead atoms. The second-order valence-electron chi connectivity index (χ2n) is 17.0. The SMILES string of the molecule is CCCCCc1ccc(-c2ccc(C3=C4C(=O)N(CC(CC)CCCC)C(c5ccc(-c6ccc(CCCCC)cc6F)s5)=C4C(=O)N3CC(CC)CCCC)s2)c(F)c1. The van der Waals surface area contributed by atoms with E-state index >= 15 is 18.4 Å². The molecule has 0 radical (unpaired) electrons. The third kappa shape index (κ3) is 10.2. The van der Waals surface area contributed by atoms with Crippen LogP contribution in [0.1, 0.15) is 152 Å². The number of halogens is 2. The molecule has 2 amide bonds. The van der Waals surface area contributed by atoms with Crippen molar-refractivity contribution in [2.45, 2.75) is 144 Å². The van der Waals surface area contributed by atoms with Crippen molar-refractivity contribution < 1.29 is 18.4 Å². The number of unbranched alkanes of at least 4 members (excludes halogenated alkanes) is 6. The standard InChI is InChI=1S/C52H66F2N2O2S2/c1-7-13-17-21-37-23-25-39(41(53)31-37)43-27-29-45(59-43)49-47-48(52(58)55(49)33-35(11-5)19-15-9-3)50(56(51(47)57)34-36(12-6)20-16-10-4)46-30-28-44(60-46)40-26-24-38(32-42(40)54)22-18-14-8-2/h23-32,35-36H,7-22,33-34H2,1-6H3. The van der Waals surface area contributed by atoms with E-state index < -0.39 is 0 Å². The average Bonchev–Trinajstić information content (AvgIpc) is 4.04. The van der Waals surface area contributed by atoms with Crippen LogP contribution in [0.4, 0.5) is 8.78 Å². The van der Waals surface area contributed by atoms with Crippen LogP contribution in [0.5, 0.6) is 0 Å². The quantitative estimate of drug-likeness (QED) is 0.0659. The summed E-state index contributed by atoms with van der Waals surface area (Å²) in [5.41, 5.74) is 5.25. The molecule has 0 saturated carbocycles. The van der Waals surface area contributed by atoms with Gasteiger partial charge in [0.15, 0.2) is 0 Å².